The van der Waals surface area contributed by atoms with E-state index in [-0.39, 0.29) is 18.4 Å². The minimum absolute atomic E-state index is 0.0479. The van der Waals surface area contributed by atoms with Gasteiger partial charge in [0.05, 0.1) is 10.8 Å². The summed E-state index contributed by atoms with van der Waals surface area (Å²) in [7, 11) is -3.55. The predicted molar refractivity (Wildman–Crippen MR) is 101 cm³/mol. The monoisotopic (exact) mass is 377 g/mol. The fraction of sp³-hybridized carbons (Fsp3) is 0.526. The van der Waals surface area contributed by atoms with Crippen LogP contribution in [-0.4, -0.2) is 51.4 Å². The van der Waals surface area contributed by atoms with Gasteiger partial charge in [-0.15, -0.1) is 0 Å². The van der Waals surface area contributed by atoms with E-state index in [2.05, 4.69) is 16.7 Å². The van der Waals surface area contributed by atoms with E-state index in [9.17, 15) is 13.2 Å². The number of carbonyl (C=O) groups excluding carboxylic acids is 1. The zero-order valence-corrected chi connectivity index (χ0v) is 16.0. The third-order valence-corrected chi connectivity index (χ3v) is 6.94. The molecular weight excluding hydrogens is 350 g/mol. The van der Waals surface area contributed by atoms with Crippen LogP contribution in [0.5, 0.6) is 0 Å². The Morgan fingerprint density at radius 1 is 1.31 bits per heavy atom. The number of amides is 1. The highest BCUT2D eigenvalue weighted by molar-refractivity contribution is 7.89. The van der Waals surface area contributed by atoms with Gasteiger partial charge in [0, 0.05) is 26.2 Å². The summed E-state index contributed by atoms with van der Waals surface area (Å²) in [5.41, 5.74) is 2.25. The summed E-state index contributed by atoms with van der Waals surface area (Å²) < 4.78 is 27.2. The Bertz CT molecular complexity index is 772. The van der Waals surface area contributed by atoms with E-state index in [4.69, 9.17) is 0 Å². The van der Waals surface area contributed by atoms with Crippen LogP contribution in [0.4, 0.5) is 0 Å². The quantitative estimate of drug-likeness (QED) is 0.761. The highest BCUT2D eigenvalue weighted by Crippen LogP contribution is 2.24. The van der Waals surface area contributed by atoms with Gasteiger partial charge in [-0.2, -0.15) is 4.31 Å². The molecule has 1 aromatic rings. The number of rotatable bonds is 5. The maximum absolute atomic E-state index is 12.9. The number of nitrogens with zero attached hydrogens (tertiary/aromatic N) is 1. The van der Waals surface area contributed by atoms with Gasteiger partial charge in [0.1, 0.15) is 0 Å². The fourth-order valence-corrected chi connectivity index (χ4v) is 4.93. The second-order valence-corrected chi connectivity index (χ2v) is 8.99. The molecule has 1 aromatic carbocycles. The number of nitrogens with one attached hydrogen (secondary N) is 2. The van der Waals surface area contributed by atoms with Crippen molar-refractivity contribution in [1.29, 1.82) is 0 Å². The van der Waals surface area contributed by atoms with E-state index in [1.54, 1.807) is 24.3 Å². The van der Waals surface area contributed by atoms with Crippen molar-refractivity contribution in [3.63, 3.8) is 0 Å². The largest absolute Gasteiger partial charge is 0.352 e. The first-order chi connectivity index (χ1) is 12.5. The molecule has 0 bridgehead atoms. The van der Waals surface area contributed by atoms with Gasteiger partial charge in [-0.3, -0.25) is 4.79 Å². The van der Waals surface area contributed by atoms with Crippen LogP contribution in [0.15, 0.2) is 40.8 Å². The van der Waals surface area contributed by atoms with Crippen LogP contribution >= 0.6 is 0 Å². The van der Waals surface area contributed by atoms with Crippen LogP contribution in [0.1, 0.15) is 24.8 Å². The lowest BCUT2D eigenvalue weighted by Gasteiger charge is -2.31. The maximum Gasteiger partial charge on any atom is 0.243 e. The maximum atomic E-state index is 12.9. The number of sulfonamides is 1. The van der Waals surface area contributed by atoms with Gasteiger partial charge < -0.3 is 10.6 Å². The van der Waals surface area contributed by atoms with Gasteiger partial charge in [0.25, 0.3) is 0 Å². The molecule has 0 radical (unpaired) electrons. The third-order valence-electron chi connectivity index (χ3n) is 5.06. The summed E-state index contributed by atoms with van der Waals surface area (Å²) in [4.78, 5) is 12.8. The molecule has 7 heteroatoms. The van der Waals surface area contributed by atoms with Gasteiger partial charge in [0.2, 0.25) is 15.9 Å². The van der Waals surface area contributed by atoms with E-state index in [1.165, 1.54) is 9.88 Å². The SMILES string of the molecule is Cc1ccc(S(=O)(=O)N2CCCC(C(=O)NCC3=CCNCC3)C2)cc1. The second kappa shape index (κ2) is 8.33. The molecule has 1 fully saturated rings. The average molecular weight is 378 g/mol. The normalized spacial score (nSPS) is 21.9. The summed E-state index contributed by atoms with van der Waals surface area (Å²) in [6.07, 6.45) is 4.49. The fourth-order valence-electron chi connectivity index (χ4n) is 3.41. The minimum Gasteiger partial charge on any atom is -0.352 e. The van der Waals surface area contributed by atoms with E-state index >= 15 is 0 Å². The van der Waals surface area contributed by atoms with Gasteiger partial charge in [-0.05, 0) is 44.9 Å². The second-order valence-electron chi connectivity index (χ2n) is 7.05. The molecule has 1 unspecified atom stereocenters. The molecule has 2 N–H and O–H groups in total. The summed E-state index contributed by atoms with van der Waals surface area (Å²) >= 11 is 0. The van der Waals surface area contributed by atoms with Crippen LogP contribution in [-0.2, 0) is 14.8 Å². The number of aryl methyl sites for hydroxylation is 1. The molecule has 26 heavy (non-hydrogen) atoms. The molecule has 0 spiro atoms. The minimum atomic E-state index is -3.55. The van der Waals surface area contributed by atoms with Crippen molar-refractivity contribution >= 4 is 15.9 Å². The molecule has 2 heterocycles. The lowest BCUT2D eigenvalue weighted by atomic mass is 9.98. The summed E-state index contributed by atoms with van der Waals surface area (Å²) in [6.45, 7) is 4.99. The Labute approximate surface area is 155 Å². The lowest BCUT2D eigenvalue weighted by Crippen LogP contribution is -2.45. The zero-order valence-electron chi connectivity index (χ0n) is 15.2. The van der Waals surface area contributed by atoms with Crippen molar-refractivity contribution in [2.24, 2.45) is 5.92 Å². The van der Waals surface area contributed by atoms with Gasteiger partial charge >= 0.3 is 0 Å². The molecule has 0 saturated carbocycles. The first-order valence-corrected chi connectivity index (χ1v) is 10.6. The van der Waals surface area contributed by atoms with Crippen molar-refractivity contribution in [3.05, 3.63) is 41.5 Å². The molecule has 1 saturated heterocycles. The van der Waals surface area contributed by atoms with Gasteiger partial charge in [-0.25, -0.2) is 8.42 Å². The Morgan fingerprint density at radius 3 is 2.77 bits per heavy atom. The number of hydrogen-bond donors (Lipinski definition) is 2. The molecule has 1 atom stereocenters. The Kier molecular flexibility index (Phi) is 6.11. The number of piperidine rings is 1. The molecule has 142 valence electrons. The Hall–Kier alpha value is -1.70. The molecule has 1 amide bonds. The molecule has 2 aliphatic heterocycles. The van der Waals surface area contributed by atoms with Crippen LogP contribution in [0.3, 0.4) is 0 Å². The van der Waals surface area contributed by atoms with Gasteiger partial charge in [-0.1, -0.05) is 29.3 Å². The van der Waals surface area contributed by atoms with Crippen LogP contribution in [0.25, 0.3) is 0 Å². The number of benzene rings is 1. The summed E-state index contributed by atoms with van der Waals surface area (Å²) in [5.74, 6) is -0.334. The topological polar surface area (TPSA) is 78.5 Å². The highest BCUT2D eigenvalue weighted by atomic mass is 32.2. The first kappa shape index (κ1) is 19.1. The molecule has 2 aliphatic rings. The highest BCUT2D eigenvalue weighted by Gasteiger charge is 2.33. The van der Waals surface area contributed by atoms with Crippen molar-refractivity contribution in [2.75, 3.05) is 32.7 Å². The molecular formula is C19H27N3O3S. The average Bonchev–Trinajstić information content (AvgIpc) is 2.67. The Morgan fingerprint density at radius 2 is 2.08 bits per heavy atom. The number of carbonyl (C=O) groups is 1. The van der Waals surface area contributed by atoms with Crippen LogP contribution < -0.4 is 10.6 Å². The van der Waals surface area contributed by atoms with Crippen molar-refractivity contribution in [3.8, 4) is 0 Å². The van der Waals surface area contributed by atoms with Crippen molar-refractivity contribution in [2.45, 2.75) is 31.1 Å². The standard InChI is InChI=1S/C19H27N3O3S/c1-15-4-6-18(7-5-15)26(24,25)22-12-2-3-17(14-22)19(23)21-13-16-8-10-20-11-9-16/h4-8,17,20H,2-3,9-14H2,1H3,(H,21,23). The zero-order chi connectivity index (χ0) is 18.6. The molecule has 0 aromatic heterocycles. The number of hydrogen-bond acceptors (Lipinski definition) is 4. The Balaban J connectivity index is 1.62. The van der Waals surface area contributed by atoms with E-state index in [0.29, 0.717) is 24.4 Å². The van der Waals surface area contributed by atoms with Crippen LogP contribution in [0.2, 0.25) is 0 Å². The summed E-state index contributed by atoms with van der Waals surface area (Å²) in [5, 5.41) is 6.23. The first-order valence-electron chi connectivity index (χ1n) is 9.20. The molecule has 6 nitrogen and oxygen atoms in total. The van der Waals surface area contributed by atoms with Crippen molar-refractivity contribution in [1.82, 2.24) is 14.9 Å². The van der Waals surface area contributed by atoms with E-state index in [1.807, 2.05) is 6.92 Å². The smallest absolute Gasteiger partial charge is 0.243 e. The van der Waals surface area contributed by atoms with E-state index in [0.717, 1.165) is 31.5 Å². The van der Waals surface area contributed by atoms with Crippen molar-refractivity contribution < 1.29 is 13.2 Å². The van der Waals surface area contributed by atoms with Crippen LogP contribution in [0, 0.1) is 12.8 Å². The lowest BCUT2D eigenvalue weighted by molar-refractivity contribution is -0.125. The predicted octanol–water partition coefficient (Wildman–Crippen LogP) is 1.43. The third kappa shape index (κ3) is 4.52. The van der Waals surface area contributed by atoms with E-state index < -0.39 is 10.0 Å². The molecule has 0 aliphatic carbocycles. The molecule has 3 rings (SSSR count). The van der Waals surface area contributed by atoms with Gasteiger partial charge in [0.15, 0.2) is 0 Å². The summed E-state index contributed by atoms with van der Waals surface area (Å²) in [6, 6.07) is 6.87.